The fraction of sp³-hybridized carbons (Fsp3) is 0.200. The van der Waals surface area contributed by atoms with Crippen molar-refractivity contribution in [1.82, 2.24) is 0 Å². The fourth-order valence-electron chi connectivity index (χ4n) is 1.97. The van der Waals surface area contributed by atoms with Crippen molar-refractivity contribution in [2.45, 2.75) is 6.54 Å². The van der Waals surface area contributed by atoms with E-state index < -0.39 is 0 Å². The van der Waals surface area contributed by atoms with Gasteiger partial charge in [0, 0.05) is 13.6 Å². The number of halogens is 2. The molecule has 0 saturated heterocycles. The van der Waals surface area contributed by atoms with E-state index in [1.165, 1.54) is 0 Å². The lowest BCUT2D eigenvalue weighted by molar-refractivity contribution is 0.414. The van der Waals surface area contributed by atoms with E-state index in [1.807, 2.05) is 36.2 Å². The first-order valence-corrected chi connectivity index (χ1v) is 6.85. The van der Waals surface area contributed by atoms with Crippen LogP contribution in [0.4, 0.5) is 11.4 Å². The van der Waals surface area contributed by atoms with E-state index in [9.17, 15) is 0 Å². The number of nitrogens with two attached hydrogens (primary N) is 1. The van der Waals surface area contributed by atoms with Gasteiger partial charge in [0.25, 0.3) is 0 Å². The van der Waals surface area contributed by atoms with Crippen molar-refractivity contribution in [3.8, 4) is 5.75 Å². The Labute approximate surface area is 128 Å². The molecule has 0 spiro atoms. The van der Waals surface area contributed by atoms with E-state index >= 15 is 0 Å². The Balaban J connectivity index is 2.18. The number of nitrogen functional groups attached to an aromatic ring is 1. The van der Waals surface area contributed by atoms with E-state index in [-0.39, 0.29) is 0 Å². The largest absolute Gasteiger partial charge is 0.497 e. The van der Waals surface area contributed by atoms with Gasteiger partial charge < -0.3 is 15.4 Å². The molecule has 2 rings (SSSR count). The van der Waals surface area contributed by atoms with Crippen LogP contribution >= 0.6 is 23.2 Å². The van der Waals surface area contributed by atoms with E-state index in [2.05, 4.69) is 0 Å². The third-order valence-electron chi connectivity index (χ3n) is 3.06. The molecule has 3 nitrogen and oxygen atoms in total. The summed E-state index contributed by atoms with van der Waals surface area (Å²) >= 11 is 12.0. The molecule has 0 saturated carbocycles. The Hall–Kier alpha value is -1.58. The first kappa shape index (κ1) is 14.8. The van der Waals surface area contributed by atoms with Crippen LogP contribution in [0.25, 0.3) is 0 Å². The quantitative estimate of drug-likeness (QED) is 0.859. The predicted molar refractivity (Wildman–Crippen MR) is 86.0 cm³/mol. The van der Waals surface area contributed by atoms with E-state index in [0.717, 1.165) is 17.0 Å². The zero-order chi connectivity index (χ0) is 14.7. The summed E-state index contributed by atoms with van der Waals surface area (Å²) in [5.74, 6) is 0.838. The third kappa shape index (κ3) is 3.30. The molecular weight excluding hydrogens is 295 g/mol. The van der Waals surface area contributed by atoms with Crippen LogP contribution in [-0.2, 0) is 6.54 Å². The molecule has 0 unspecified atom stereocenters. The van der Waals surface area contributed by atoms with Crippen LogP contribution in [0, 0.1) is 0 Å². The van der Waals surface area contributed by atoms with Crippen molar-refractivity contribution in [2.24, 2.45) is 0 Å². The molecule has 5 heteroatoms. The van der Waals surface area contributed by atoms with Crippen molar-refractivity contribution in [1.29, 1.82) is 0 Å². The number of rotatable bonds is 4. The Bertz CT molecular complexity index is 600. The second kappa shape index (κ2) is 6.25. The molecular formula is C15H16Cl2N2O. The lowest BCUT2D eigenvalue weighted by Gasteiger charge is -2.22. The second-order valence-corrected chi connectivity index (χ2v) is 5.34. The first-order chi connectivity index (χ1) is 9.51. The molecule has 20 heavy (non-hydrogen) atoms. The number of hydrogen-bond acceptors (Lipinski definition) is 3. The van der Waals surface area contributed by atoms with Gasteiger partial charge in [-0.1, -0.05) is 35.3 Å². The molecule has 0 heterocycles. The van der Waals surface area contributed by atoms with Gasteiger partial charge >= 0.3 is 0 Å². The van der Waals surface area contributed by atoms with Gasteiger partial charge in [-0.3, -0.25) is 0 Å². The minimum absolute atomic E-state index is 0.464. The highest BCUT2D eigenvalue weighted by atomic mass is 35.5. The van der Waals surface area contributed by atoms with Crippen molar-refractivity contribution in [3.05, 3.63) is 52.0 Å². The van der Waals surface area contributed by atoms with Gasteiger partial charge in [0.2, 0.25) is 0 Å². The summed E-state index contributed by atoms with van der Waals surface area (Å²) in [6, 6.07) is 11.3. The van der Waals surface area contributed by atoms with Crippen molar-refractivity contribution < 1.29 is 4.74 Å². The van der Waals surface area contributed by atoms with E-state index in [4.69, 9.17) is 33.7 Å². The van der Waals surface area contributed by atoms with Crippen molar-refractivity contribution in [2.75, 3.05) is 24.8 Å². The summed E-state index contributed by atoms with van der Waals surface area (Å²) in [7, 11) is 3.61. The molecule has 0 bridgehead atoms. The molecule has 2 aromatic rings. The average molecular weight is 311 g/mol. The molecule has 0 atom stereocenters. The molecule has 0 aliphatic carbocycles. The summed E-state index contributed by atoms with van der Waals surface area (Å²) in [5, 5.41) is 0.961. The van der Waals surface area contributed by atoms with Crippen LogP contribution in [-0.4, -0.2) is 14.2 Å². The third-order valence-corrected chi connectivity index (χ3v) is 3.78. The molecule has 2 N–H and O–H groups in total. The van der Waals surface area contributed by atoms with Crippen LogP contribution in [0.5, 0.6) is 5.75 Å². The number of nitrogens with zero attached hydrogens (tertiary/aromatic N) is 1. The fourth-order valence-corrected chi connectivity index (χ4v) is 2.30. The summed E-state index contributed by atoms with van der Waals surface area (Å²) in [6.07, 6.45) is 0. The minimum atomic E-state index is 0.464. The highest BCUT2D eigenvalue weighted by Crippen LogP contribution is 2.33. The number of methoxy groups -OCH3 is 1. The Kier molecular flexibility index (Phi) is 4.63. The maximum absolute atomic E-state index is 6.04. The SMILES string of the molecule is COc1ccc(CN(C)c2cc(Cl)c(Cl)cc2N)cc1. The van der Waals surface area contributed by atoms with Gasteiger partial charge in [-0.2, -0.15) is 0 Å². The summed E-state index contributed by atoms with van der Waals surface area (Å²) in [4.78, 5) is 2.03. The minimum Gasteiger partial charge on any atom is -0.497 e. The molecule has 106 valence electrons. The Morgan fingerprint density at radius 1 is 1.10 bits per heavy atom. The van der Waals surface area contributed by atoms with Gasteiger partial charge in [0.1, 0.15) is 5.75 Å². The van der Waals surface area contributed by atoms with Crippen LogP contribution in [0.2, 0.25) is 10.0 Å². The molecule has 0 amide bonds. The lowest BCUT2D eigenvalue weighted by atomic mass is 10.2. The lowest BCUT2D eigenvalue weighted by Crippen LogP contribution is -2.17. The average Bonchev–Trinajstić information content (AvgIpc) is 2.43. The maximum atomic E-state index is 6.04. The van der Waals surface area contributed by atoms with Crippen LogP contribution in [0.15, 0.2) is 36.4 Å². The van der Waals surface area contributed by atoms with Crippen molar-refractivity contribution >= 4 is 34.6 Å². The van der Waals surface area contributed by atoms with E-state index in [0.29, 0.717) is 22.3 Å². The highest BCUT2D eigenvalue weighted by molar-refractivity contribution is 6.42. The summed E-state index contributed by atoms with van der Waals surface area (Å²) < 4.78 is 5.14. The summed E-state index contributed by atoms with van der Waals surface area (Å²) in [6.45, 7) is 0.714. The van der Waals surface area contributed by atoms with Crippen molar-refractivity contribution in [3.63, 3.8) is 0 Å². The second-order valence-electron chi connectivity index (χ2n) is 4.53. The zero-order valence-corrected chi connectivity index (χ0v) is 12.9. The Morgan fingerprint density at radius 2 is 1.70 bits per heavy atom. The standard InChI is InChI=1S/C15H16Cl2N2O/c1-19(9-10-3-5-11(20-2)6-4-10)15-8-13(17)12(16)7-14(15)18/h3-8H,9,18H2,1-2H3. The maximum Gasteiger partial charge on any atom is 0.118 e. The number of hydrogen-bond donors (Lipinski definition) is 1. The topological polar surface area (TPSA) is 38.5 Å². The predicted octanol–water partition coefficient (Wildman–Crippen LogP) is 4.22. The van der Waals surface area contributed by atoms with Crippen LogP contribution in [0.3, 0.4) is 0 Å². The van der Waals surface area contributed by atoms with Gasteiger partial charge in [-0.15, -0.1) is 0 Å². The molecule has 0 aliphatic rings. The smallest absolute Gasteiger partial charge is 0.118 e. The van der Waals surface area contributed by atoms with Gasteiger partial charge in [0.05, 0.1) is 28.5 Å². The van der Waals surface area contributed by atoms with Gasteiger partial charge in [-0.25, -0.2) is 0 Å². The molecule has 0 aromatic heterocycles. The normalized spacial score (nSPS) is 10.4. The monoisotopic (exact) mass is 310 g/mol. The van der Waals surface area contributed by atoms with Crippen LogP contribution < -0.4 is 15.4 Å². The van der Waals surface area contributed by atoms with E-state index in [1.54, 1.807) is 19.2 Å². The molecule has 2 aromatic carbocycles. The number of ether oxygens (including phenoxy) is 1. The highest BCUT2D eigenvalue weighted by Gasteiger charge is 2.10. The molecule has 0 fully saturated rings. The number of anilines is 2. The Morgan fingerprint density at radius 3 is 2.30 bits per heavy atom. The first-order valence-electron chi connectivity index (χ1n) is 6.10. The summed E-state index contributed by atoms with van der Waals surface area (Å²) in [5.41, 5.74) is 8.60. The van der Waals surface area contributed by atoms with Crippen LogP contribution in [0.1, 0.15) is 5.56 Å². The van der Waals surface area contributed by atoms with Gasteiger partial charge in [-0.05, 0) is 29.8 Å². The molecule has 0 radical (unpaired) electrons. The zero-order valence-electron chi connectivity index (χ0n) is 11.4. The molecule has 0 aliphatic heterocycles. The number of benzene rings is 2. The van der Waals surface area contributed by atoms with Gasteiger partial charge in [0.15, 0.2) is 0 Å².